The van der Waals surface area contributed by atoms with E-state index >= 15 is 0 Å². The summed E-state index contributed by atoms with van der Waals surface area (Å²) in [6.45, 7) is 0.555. The Morgan fingerprint density at radius 1 is 1.10 bits per heavy atom. The van der Waals surface area contributed by atoms with Gasteiger partial charge in [0.05, 0.1) is 0 Å². The molecule has 1 saturated carbocycles. The van der Waals surface area contributed by atoms with Crippen molar-refractivity contribution in [3.8, 4) is 5.75 Å². The second-order valence-electron chi connectivity index (χ2n) is 5.35. The lowest BCUT2D eigenvalue weighted by Gasteiger charge is -2.12. The Hall–Kier alpha value is -2.09. The maximum Gasteiger partial charge on any atom is 0.127 e. The van der Waals surface area contributed by atoms with Gasteiger partial charge >= 0.3 is 0 Å². The molecule has 3 rings (SSSR count). The fourth-order valence-electron chi connectivity index (χ4n) is 2.47. The third-order valence-electron chi connectivity index (χ3n) is 3.77. The fourth-order valence-corrected chi connectivity index (χ4v) is 2.47. The second-order valence-corrected chi connectivity index (χ2v) is 5.35. The van der Waals surface area contributed by atoms with Crippen LogP contribution in [0.1, 0.15) is 29.9 Å². The van der Waals surface area contributed by atoms with Crippen LogP contribution < -0.4 is 4.74 Å². The highest BCUT2D eigenvalue weighted by Crippen LogP contribution is 2.41. The lowest BCUT2D eigenvalue weighted by Crippen LogP contribution is -2.03. The smallest absolute Gasteiger partial charge is 0.127 e. The summed E-state index contributed by atoms with van der Waals surface area (Å²) in [4.78, 5) is 11.2. The molecule has 2 nitrogen and oxygen atoms in total. The molecular weight excluding hydrogens is 248 g/mol. The summed E-state index contributed by atoms with van der Waals surface area (Å²) >= 11 is 0. The van der Waals surface area contributed by atoms with Crippen LogP contribution in [-0.4, -0.2) is 6.29 Å². The van der Waals surface area contributed by atoms with Crippen molar-refractivity contribution in [2.24, 2.45) is 5.92 Å². The molecule has 1 fully saturated rings. The van der Waals surface area contributed by atoms with Crippen LogP contribution >= 0.6 is 0 Å². The SMILES string of the molecule is O=CC(c1cccc(OCc2ccccc2)c1)C1CC1. The minimum atomic E-state index is 0.0373. The molecule has 102 valence electrons. The zero-order valence-corrected chi connectivity index (χ0v) is 11.4. The number of hydrogen-bond acceptors (Lipinski definition) is 2. The first kappa shape index (κ1) is 12.9. The highest BCUT2D eigenvalue weighted by atomic mass is 16.5. The summed E-state index contributed by atoms with van der Waals surface area (Å²) in [6.07, 6.45) is 3.41. The van der Waals surface area contributed by atoms with E-state index in [4.69, 9.17) is 4.74 Å². The van der Waals surface area contributed by atoms with E-state index in [9.17, 15) is 4.79 Å². The first-order chi connectivity index (χ1) is 9.86. The Morgan fingerprint density at radius 2 is 1.90 bits per heavy atom. The molecule has 0 radical (unpaired) electrons. The van der Waals surface area contributed by atoms with Crippen molar-refractivity contribution in [1.29, 1.82) is 0 Å². The van der Waals surface area contributed by atoms with E-state index in [2.05, 4.69) is 0 Å². The third-order valence-corrected chi connectivity index (χ3v) is 3.77. The van der Waals surface area contributed by atoms with Crippen molar-refractivity contribution < 1.29 is 9.53 Å². The maximum atomic E-state index is 11.2. The standard InChI is InChI=1S/C18H18O2/c19-12-18(15-9-10-15)16-7-4-8-17(11-16)20-13-14-5-2-1-3-6-14/h1-8,11-12,15,18H,9-10,13H2. The van der Waals surface area contributed by atoms with Crippen LogP contribution in [0.2, 0.25) is 0 Å². The van der Waals surface area contributed by atoms with E-state index in [-0.39, 0.29) is 5.92 Å². The summed E-state index contributed by atoms with van der Waals surface area (Å²) < 4.78 is 5.81. The average molecular weight is 266 g/mol. The maximum absolute atomic E-state index is 11.2. The molecule has 1 aliphatic rings. The number of ether oxygens (including phenoxy) is 1. The first-order valence-electron chi connectivity index (χ1n) is 7.09. The quantitative estimate of drug-likeness (QED) is 0.740. The largest absolute Gasteiger partial charge is 0.489 e. The van der Waals surface area contributed by atoms with Crippen molar-refractivity contribution in [2.75, 3.05) is 0 Å². The third kappa shape index (κ3) is 3.08. The van der Waals surface area contributed by atoms with Crippen molar-refractivity contribution in [2.45, 2.75) is 25.4 Å². The van der Waals surface area contributed by atoms with Crippen LogP contribution in [0.4, 0.5) is 0 Å². The van der Waals surface area contributed by atoms with Crippen molar-refractivity contribution in [1.82, 2.24) is 0 Å². The zero-order valence-electron chi connectivity index (χ0n) is 11.4. The van der Waals surface area contributed by atoms with E-state index in [0.717, 1.165) is 23.2 Å². The topological polar surface area (TPSA) is 26.3 Å². The van der Waals surface area contributed by atoms with Crippen LogP contribution in [0.3, 0.4) is 0 Å². The monoisotopic (exact) mass is 266 g/mol. The van der Waals surface area contributed by atoms with Crippen molar-refractivity contribution in [3.63, 3.8) is 0 Å². The summed E-state index contributed by atoms with van der Waals surface area (Å²) in [6, 6.07) is 18.0. The van der Waals surface area contributed by atoms with Gasteiger partial charge in [0.25, 0.3) is 0 Å². The van der Waals surface area contributed by atoms with Crippen molar-refractivity contribution in [3.05, 3.63) is 65.7 Å². The van der Waals surface area contributed by atoms with Gasteiger partial charge in [0.2, 0.25) is 0 Å². The molecule has 0 aromatic heterocycles. The van der Waals surface area contributed by atoms with Gasteiger partial charge in [0.15, 0.2) is 0 Å². The predicted octanol–water partition coefficient (Wildman–Crippen LogP) is 3.96. The zero-order chi connectivity index (χ0) is 13.8. The van der Waals surface area contributed by atoms with Crippen molar-refractivity contribution >= 4 is 6.29 Å². The lowest BCUT2D eigenvalue weighted by molar-refractivity contribution is -0.109. The molecule has 0 N–H and O–H groups in total. The van der Waals surface area contributed by atoms with Gasteiger partial charge in [-0.1, -0.05) is 42.5 Å². The predicted molar refractivity (Wildman–Crippen MR) is 78.7 cm³/mol. The Balaban J connectivity index is 1.69. The highest BCUT2D eigenvalue weighted by molar-refractivity contribution is 5.64. The van der Waals surface area contributed by atoms with Gasteiger partial charge in [-0.05, 0) is 42.0 Å². The number of carbonyl (C=O) groups excluding carboxylic acids is 1. The van der Waals surface area contributed by atoms with Gasteiger partial charge in [-0.25, -0.2) is 0 Å². The van der Waals surface area contributed by atoms with E-state index in [1.807, 2.05) is 54.6 Å². The van der Waals surface area contributed by atoms with Crippen LogP contribution in [0.5, 0.6) is 5.75 Å². The van der Waals surface area contributed by atoms with E-state index in [1.165, 1.54) is 12.8 Å². The van der Waals surface area contributed by atoms with E-state index < -0.39 is 0 Å². The molecule has 0 bridgehead atoms. The molecule has 0 spiro atoms. The van der Waals surface area contributed by atoms with Crippen LogP contribution in [0.25, 0.3) is 0 Å². The molecular formula is C18H18O2. The van der Waals surface area contributed by atoms with Gasteiger partial charge in [-0.15, -0.1) is 0 Å². The summed E-state index contributed by atoms with van der Waals surface area (Å²) in [5.74, 6) is 1.41. The Kier molecular flexibility index (Phi) is 3.82. The van der Waals surface area contributed by atoms with Crippen LogP contribution in [0.15, 0.2) is 54.6 Å². The Labute approximate surface area is 119 Å². The number of carbonyl (C=O) groups is 1. The number of benzene rings is 2. The molecule has 1 aliphatic carbocycles. The number of aldehydes is 1. The Morgan fingerprint density at radius 3 is 2.60 bits per heavy atom. The minimum Gasteiger partial charge on any atom is -0.489 e. The van der Waals surface area contributed by atoms with Crippen LogP contribution in [0, 0.1) is 5.92 Å². The summed E-state index contributed by atoms with van der Waals surface area (Å²) in [7, 11) is 0. The summed E-state index contributed by atoms with van der Waals surface area (Å²) in [5, 5.41) is 0. The molecule has 1 atom stereocenters. The minimum absolute atomic E-state index is 0.0373. The normalized spacial score (nSPS) is 15.6. The summed E-state index contributed by atoms with van der Waals surface area (Å²) in [5.41, 5.74) is 2.22. The van der Waals surface area contributed by atoms with Gasteiger partial charge in [0.1, 0.15) is 18.6 Å². The lowest BCUT2D eigenvalue weighted by atomic mass is 9.96. The van der Waals surface area contributed by atoms with Gasteiger partial charge in [-0.3, -0.25) is 0 Å². The van der Waals surface area contributed by atoms with Gasteiger partial charge < -0.3 is 9.53 Å². The number of hydrogen-bond donors (Lipinski definition) is 0. The molecule has 0 aliphatic heterocycles. The molecule has 1 unspecified atom stereocenters. The van der Waals surface area contributed by atoms with Crippen LogP contribution in [-0.2, 0) is 11.4 Å². The highest BCUT2D eigenvalue weighted by Gasteiger charge is 2.32. The van der Waals surface area contributed by atoms with E-state index in [0.29, 0.717) is 12.5 Å². The number of rotatable bonds is 6. The molecule has 2 aromatic rings. The van der Waals surface area contributed by atoms with Gasteiger partial charge in [-0.2, -0.15) is 0 Å². The average Bonchev–Trinajstić information content (AvgIpc) is 3.32. The molecule has 2 aromatic carbocycles. The molecule has 0 saturated heterocycles. The second kappa shape index (κ2) is 5.91. The fraction of sp³-hybridized carbons (Fsp3) is 0.278. The first-order valence-corrected chi connectivity index (χ1v) is 7.09. The molecule has 2 heteroatoms. The van der Waals surface area contributed by atoms with E-state index in [1.54, 1.807) is 0 Å². The molecule has 0 heterocycles. The Bertz CT molecular complexity index is 573. The van der Waals surface area contributed by atoms with Gasteiger partial charge in [0, 0.05) is 5.92 Å². The molecule has 20 heavy (non-hydrogen) atoms. The molecule has 0 amide bonds.